The van der Waals surface area contributed by atoms with Gasteiger partial charge in [0, 0.05) is 19.8 Å². The molecule has 0 amide bonds. The van der Waals surface area contributed by atoms with Gasteiger partial charge in [-0.15, -0.1) is 0 Å². The second-order valence-electron chi connectivity index (χ2n) is 6.04. The number of hydrogen-bond donors (Lipinski definition) is 1. The van der Waals surface area contributed by atoms with Crippen molar-refractivity contribution < 1.29 is 0 Å². The number of aromatic nitrogens is 3. The molecule has 1 N–H and O–H groups in total. The van der Waals surface area contributed by atoms with E-state index in [0.29, 0.717) is 11.9 Å². The van der Waals surface area contributed by atoms with Gasteiger partial charge in [0.25, 0.3) is 0 Å². The van der Waals surface area contributed by atoms with Crippen LogP contribution in [0.4, 0.5) is 17.6 Å². The molecule has 1 aromatic carbocycles. The van der Waals surface area contributed by atoms with E-state index in [9.17, 15) is 0 Å². The highest BCUT2D eigenvalue weighted by molar-refractivity contribution is 6.28. The number of hydrogen-bond acceptors (Lipinski definition) is 5. The van der Waals surface area contributed by atoms with Crippen LogP contribution in [0.15, 0.2) is 24.3 Å². The largest absolute Gasteiger partial charge is 0.347 e. The Labute approximate surface area is 130 Å². The van der Waals surface area contributed by atoms with Crippen molar-refractivity contribution in [3.63, 3.8) is 0 Å². The van der Waals surface area contributed by atoms with Gasteiger partial charge in [-0.25, -0.2) is 0 Å². The lowest BCUT2D eigenvalue weighted by molar-refractivity contribution is 0.592. The van der Waals surface area contributed by atoms with Crippen molar-refractivity contribution in [3.8, 4) is 0 Å². The molecule has 6 heteroatoms. The molecule has 21 heavy (non-hydrogen) atoms. The highest BCUT2D eigenvalue weighted by Crippen LogP contribution is 2.30. The molecule has 0 radical (unpaired) electrons. The number of rotatable bonds is 3. The summed E-state index contributed by atoms with van der Waals surface area (Å²) in [5.41, 5.74) is 2.18. The molecular weight excluding hydrogens is 286 g/mol. The van der Waals surface area contributed by atoms with E-state index in [4.69, 9.17) is 11.6 Å². The normalized spacial score (nSPS) is 11.3. The zero-order valence-electron chi connectivity index (χ0n) is 13.0. The minimum absolute atomic E-state index is 0.0186. The Balaban J connectivity index is 2.39. The summed E-state index contributed by atoms with van der Waals surface area (Å²) in [5.74, 6) is 0.959. The third-order valence-electron chi connectivity index (χ3n) is 2.98. The first-order valence-corrected chi connectivity index (χ1v) is 7.10. The maximum Gasteiger partial charge on any atom is 0.233 e. The Hall–Kier alpha value is -1.88. The number of benzene rings is 1. The summed E-state index contributed by atoms with van der Waals surface area (Å²) >= 11 is 5.96. The fourth-order valence-corrected chi connectivity index (χ4v) is 2.12. The molecule has 0 spiro atoms. The first-order valence-electron chi connectivity index (χ1n) is 6.73. The molecule has 0 atom stereocenters. The summed E-state index contributed by atoms with van der Waals surface area (Å²) in [6.45, 7) is 6.50. The predicted octanol–water partition coefficient (Wildman–Crippen LogP) is 3.63. The van der Waals surface area contributed by atoms with Crippen LogP contribution in [0.25, 0.3) is 0 Å². The molecule has 0 bridgehead atoms. The van der Waals surface area contributed by atoms with Gasteiger partial charge in [-0.2, -0.15) is 15.0 Å². The van der Waals surface area contributed by atoms with E-state index in [1.54, 1.807) is 4.90 Å². The first-order chi connectivity index (χ1) is 9.77. The second kappa shape index (κ2) is 5.85. The lowest BCUT2D eigenvalue weighted by Crippen LogP contribution is -2.16. The summed E-state index contributed by atoms with van der Waals surface area (Å²) in [6, 6.07) is 8.11. The van der Waals surface area contributed by atoms with Crippen molar-refractivity contribution in [1.29, 1.82) is 0 Å². The Morgan fingerprint density at radius 1 is 1.05 bits per heavy atom. The van der Waals surface area contributed by atoms with Crippen molar-refractivity contribution in [2.24, 2.45) is 0 Å². The summed E-state index contributed by atoms with van der Waals surface area (Å²) < 4.78 is 0. The molecule has 5 nitrogen and oxygen atoms in total. The quantitative estimate of drug-likeness (QED) is 0.938. The Morgan fingerprint density at radius 2 is 1.71 bits per heavy atom. The second-order valence-corrected chi connectivity index (χ2v) is 6.38. The van der Waals surface area contributed by atoms with E-state index < -0.39 is 0 Å². The van der Waals surface area contributed by atoms with Crippen molar-refractivity contribution in [2.75, 3.05) is 24.3 Å². The molecule has 0 saturated carbocycles. The highest BCUT2D eigenvalue weighted by Gasteiger charge is 2.18. The van der Waals surface area contributed by atoms with Gasteiger partial charge in [0.15, 0.2) is 0 Å². The third-order valence-corrected chi connectivity index (χ3v) is 3.15. The number of para-hydroxylation sites is 1. The van der Waals surface area contributed by atoms with Crippen LogP contribution in [0.1, 0.15) is 26.3 Å². The third kappa shape index (κ3) is 3.82. The van der Waals surface area contributed by atoms with Gasteiger partial charge in [-0.3, -0.25) is 0 Å². The van der Waals surface area contributed by atoms with Crippen LogP contribution < -0.4 is 10.2 Å². The molecule has 2 aromatic rings. The van der Waals surface area contributed by atoms with Gasteiger partial charge in [-0.1, -0.05) is 39.0 Å². The predicted molar refractivity (Wildman–Crippen MR) is 87.6 cm³/mol. The molecule has 0 aliphatic rings. The average Bonchev–Trinajstić information content (AvgIpc) is 2.37. The van der Waals surface area contributed by atoms with Gasteiger partial charge in [0.2, 0.25) is 17.2 Å². The van der Waals surface area contributed by atoms with E-state index >= 15 is 0 Å². The Morgan fingerprint density at radius 3 is 2.33 bits per heavy atom. The van der Waals surface area contributed by atoms with Crippen molar-refractivity contribution >= 4 is 29.2 Å². The molecular formula is C15H20ClN5. The smallest absolute Gasteiger partial charge is 0.233 e. The molecule has 1 heterocycles. The fraction of sp³-hybridized carbons (Fsp3) is 0.400. The SMILES string of the molecule is CN(C)c1nc(Cl)nc(Nc2ccccc2C(C)(C)C)n1. The van der Waals surface area contributed by atoms with E-state index in [0.717, 1.165) is 5.69 Å². The maximum absolute atomic E-state index is 5.96. The molecule has 1 aromatic heterocycles. The minimum atomic E-state index is 0.0186. The number of anilines is 3. The van der Waals surface area contributed by atoms with E-state index in [1.807, 2.05) is 32.3 Å². The van der Waals surface area contributed by atoms with Gasteiger partial charge in [0.1, 0.15) is 0 Å². The van der Waals surface area contributed by atoms with Crippen molar-refractivity contribution in [1.82, 2.24) is 15.0 Å². The lowest BCUT2D eigenvalue weighted by atomic mass is 9.86. The van der Waals surface area contributed by atoms with Crippen LogP contribution in [0, 0.1) is 0 Å². The number of nitrogens with zero attached hydrogens (tertiary/aromatic N) is 4. The zero-order chi connectivity index (χ0) is 15.6. The van der Waals surface area contributed by atoms with Crippen molar-refractivity contribution in [2.45, 2.75) is 26.2 Å². The van der Waals surface area contributed by atoms with Crippen molar-refractivity contribution in [3.05, 3.63) is 35.1 Å². The Kier molecular flexibility index (Phi) is 4.32. The molecule has 2 rings (SSSR count). The van der Waals surface area contributed by atoms with Crippen LogP contribution in [-0.4, -0.2) is 29.0 Å². The minimum Gasteiger partial charge on any atom is -0.347 e. The molecule has 112 valence electrons. The lowest BCUT2D eigenvalue weighted by Gasteiger charge is -2.23. The van der Waals surface area contributed by atoms with E-state index in [2.05, 4.69) is 47.1 Å². The summed E-state index contributed by atoms with van der Waals surface area (Å²) in [7, 11) is 3.72. The molecule has 0 aliphatic carbocycles. The summed E-state index contributed by atoms with van der Waals surface area (Å²) in [4.78, 5) is 14.4. The van der Waals surface area contributed by atoms with Crippen LogP contribution >= 0.6 is 11.6 Å². The van der Waals surface area contributed by atoms with E-state index in [-0.39, 0.29) is 10.7 Å². The molecule has 0 unspecified atom stereocenters. The van der Waals surface area contributed by atoms with Crippen LogP contribution in [0.5, 0.6) is 0 Å². The fourth-order valence-electron chi connectivity index (χ4n) is 1.96. The zero-order valence-corrected chi connectivity index (χ0v) is 13.7. The van der Waals surface area contributed by atoms with Gasteiger partial charge >= 0.3 is 0 Å². The number of nitrogens with one attached hydrogen (secondary N) is 1. The van der Waals surface area contributed by atoms with Gasteiger partial charge in [-0.05, 0) is 28.6 Å². The standard InChI is InChI=1S/C15H20ClN5/c1-15(2,3)10-8-6-7-9-11(10)17-13-18-12(16)19-14(20-13)21(4)5/h6-9H,1-5H3,(H,17,18,19,20). The molecule has 0 fully saturated rings. The van der Waals surface area contributed by atoms with E-state index in [1.165, 1.54) is 5.56 Å². The number of halogens is 1. The van der Waals surface area contributed by atoms with Gasteiger partial charge in [0.05, 0.1) is 0 Å². The maximum atomic E-state index is 5.96. The molecule has 0 saturated heterocycles. The summed E-state index contributed by atoms with van der Waals surface area (Å²) in [5, 5.41) is 3.41. The topological polar surface area (TPSA) is 53.9 Å². The van der Waals surface area contributed by atoms with Crippen LogP contribution in [0.3, 0.4) is 0 Å². The van der Waals surface area contributed by atoms with Gasteiger partial charge < -0.3 is 10.2 Å². The van der Waals surface area contributed by atoms with Crippen LogP contribution in [-0.2, 0) is 5.41 Å². The molecule has 0 aliphatic heterocycles. The Bertz CT molecular complexity index is 634. The monoisotopic (exact) mass is 305 g/mol. The average molecular weight is 306 g/mol. The first kappa shape index (κ1) is 15.5. The van der Waals surface area contributed by atoms with Crippen LogP contribution in [0.2, 0.25) is 5.28 Å². The highest BCUT2D eigenvalue weighted by atomic mass is 35.5. The summed E-state index contributed by atoms with van der Waals surface area (Å²) in [6.07, 6.45) is 0.